The number of rotatable bonds is 6. The van der Waals surface area contributed by atoms with Gasteiger partial charge < -0.3 is 24.6 Å². The quantitative estimate of drug-likeness (QED) is 0.708. The molecule has 34 heavy (non-hydrogen) atoms. The van der Waals surface area contributed by atoms with Gasteiger partial charge in [-0.2, -0.15) is 0 Å². The smallest absolute Gasteiger partial charge is 0.255 e. The van der Waals surface area contributed by atoms with Crippen LogP contribution in [0.5, 0.6) is 5.75 Å². The van der Waals surface area contributed by atoms with E-state index in [0.29, 0.717) is 48.4 Å². The number of amides is 3. The number of hydrogen-bond acceptors (Lipinski definition) is 5. The average Bonchev–Trinajstić information content (AvgIpc) is 3.17. The van der Waals surface area contributed by atoms with Gasteiger partial charge in [0, 0.05) is 29.9 Å². The Bertz CT molecular complexity index is 1330. The summed E-state index contributed by atoms with van der Waals surface area (Å²) < 4.78 is 45.0. The van der Waals surface area contributed by atoms with Crippen LogP contribution in [0.4, 0.5) is 0 Å². The van der Waals surface area contributed by atoms with E-state index in [2.05, 4.69) is 11.9 Å². The van der Waals surface area contributed by atoms with Crippen LogP contribution >= 0.6 is 0 Å². The molecule has 2 fully saturated rings. The molecule has 0 bridgehead atoms. The maximum absolute atomic E-state index is 13.1. The van der Waals surface area contributed by atoms with Crippen molar-refractivity contribution in [3.63, 3.8) is 0 Å². The van der Waals surface area contributed by atoms with Gasteiger partial charge in [-0.1, -0.05) is 36.9 Å². The molecule has 3 aliphatic rings. The third-order valence-electron chi connectivity index (χ3n) is 6.18. The van der Waals surface area contributed by atoms with E-state index in [0.717, 1.165) is 0 Å². The number of benzene rings is 2. The first-order chi connectivity index (χ1) is 18.0. The van der Waals surface area contributed by atoms with Crippen LogP contribution in [0, 0.1) is 0 Å². The van der Waals surface area contributed by atoms with Gasteiger partial charge in [-0.3, -0.25) is 14.4 Å². The average molecular weight is 466 g/mol. The van der Waals surface area contributed by atoms with E-state index in [4.69, 9.17) is 15.0 Å². The highest BCUT2D eigenvalue weighted by Crippen LogP contribution is 2.34. The Labute approximate surface area is 203 Å². The van der Waals surface area contributed by atoms with Crippen molar-refractivity contribution in [1.29, 1.82) is 0 Å². The van der Waals surface area contributed by atoms with E-state index in [1.807, 2.05) is 0 Å². The topological polar surface area (TPSA) is 88.2 Å². The van der Waals surface area contributed by atoms with E-state index in [9.17, 15) is 14.4 Å². The minimum Gasteiger partial charge on any atom is -0.489 e. The molecule has 0 saturated carbocycles. The minimum atomic E-state index is -2.56. The molecule has 0 aliphatic carbocycles. The van der Waals surface area contributed by atoms with Crippen molar-refractivity contribution >= 4 is 17.7 Å². The van der Waals surface area contributed by atoms with Crippen LogP contribution in [0.1, 0.15) is 45.4 Å². The van der Waals surface area contributed by atoms with Crippen LogP contribution in [-0.2, 0) is 34.0 Å². The zero-order valence-electron chi connectivity index (χ0n) is 22.6. The summed E-state index contributed by atoms with van der Waals surface area (Å²) in [5.41, 5.74) is 1.63. The van der Waals surface area contributed by atoms with Gasteiger partial charge in [0.2, 0.25) is 11.8 Å². The van der Waals surface area contributed by atoms with Crippen LogP contribution in [0.3, 0.4) is 0 Å². The molecule has 2 aromatic rings. The largest absolute Gasteiger partial charge is 0.489 e. The highest BCUT2D eigenvalue weighted by atomic mass is 16.5. The van der Waals surface area contributed by atoms with Crippen molar-refractivity contribution in [2.24, 2.45) is 0 Å². The standard InChI is InChI=1S/C26H27N3O5/c1-17-5-10-22(25(31)27-17)29-14-21-20(26(29)32)3-2-4-23(21)34-15-19-8-6-18(7-9-19)13-28-11-12-33-16-24(28)30/h2-4,6-9,22H,1,5,10-16H2,(H,27,31)/i8D,9D,15D2. The fourth-order valence-electron chi connectivity index (χ4n) is 4.34. The monoisotopic (exact) mass is 465 g/mol. The summed E-state index contributed by atoms with van der Waals surface area (Å²) in [4.78, 5) is 40.7. The maximum atomic E-state index is 13.1. The van der Waals surface area contributed by atoms with Gasteiger partial charge in [-0.05, 0) is 36.1 Å². The molecule has 0 spiro atoms. The lowest BCUT2D eigenvalue weighted by molar-refractivity contribution is -0.143. The zero-order chi connectivity index (χ0) is 27.2. The van der Waals surface area contributed by atoms with Crippen LogP contribution in [-0.4, -0.2) is 53.3 Å². The number of ether oxygens (including phenoxy) is 2. The summed E-state index contributed by atoms with van der Waals surface area (Å²) in [7, 11) is 0. The summed E-state index contributed by atoms with van der Waals surface area (Å²) >= 11 is 0. The van der Waals surface area contributed by atoms with E-state index >= 15 is 0 Å². The number of hydrogen-bond donors (Lipinski definition) is 1. The molecule has 5 rings (SSSR count). The Hall–Kier alpha value is -3.65. The Kier molecular flexibility index (Phi) is 4.86. The minimum absolute atomic E-state index is 0.0159. The number of fused-ring (bicyclic) bond motifs is 1. The summed E-state index contributed by atoms with van der Waals surface area (Å²) in [6, 6.07) is 6.41. The second-order valence-electron chi connectivity index (χ2n) is 8.46. The molecular weight excluding hydrogens is 434 g/mol. The molecule has 8 nitrogen and oxygen atoms in total. The molecule has 1 atom stereocenters. The lowest BCUT2D eigenvalue weighted by Crippen LogP contribution is -2.49. The van der Waals surface area contributed by atoms with Gasteiger partial charge in [-0.15, -0.1) is 0 Å². The van der Waals surface area contributed by atoms with Crippen LogP contribution in [0.25, 0.3) is 0 Å². The van der Waals surface area contributed by atoms with Crippen LogP contribution in [0.15, 0.2) is 54.7 Å². The fraction of sp³-hybridized carbons (Fsp3) is 0.346. The second-order valence-corrected chi connectivity index (χ2v) is 8.46. The predicted octanol–water partition coefficient (Wildman–Crippen LogP) is 2.37. The number of carbonyl (C=O) groups excluding carboxylic acids is 3. The van der Waals surface area contributed by atoms with Gasteiger partial charge in [0.15, 0.2) is 0 Å². The first-order valence-electron chi connectivity index (χ1n) is 13.1. The summed E-state index contributed by atoms with van der Waals surface area (Å²) in [6.07, 6.45) is 0.991. The van der Waals surface area contributed by atoms with Crippen molar-refractivity contribution in [3.05, 3.63) is 76.9 Å². The molecule has 1 unspecified atom stereocenters. The van der Waals surface area contributed by atoms with Crippen molar-refractivity contribution in [2.45, 2.75) is 38.5 Å². The molecule has 2 saturated heterocycles. The highest BCUT2D eigenvalue weighted by Gasteiger charge is 2.39. The SMILES string of the molecule is [2H]c1cc(CN2CCOCC2=O)cc([2H])c1C([2H])([2H])Oc1cccc2c1CN(C1CCC(=C)NC1=O)C2=O. The molecule has 1 N–H and O–H groups in total. The van der Waals surface area contributed by atoms with E-state index in [1.54, 1.807) is 17.0 Å². The third-order valence-corrected chi connectivity index (χ3v) is 6.18. The first kappa shape index (κ1) is 17.8. The molecule has 2 aromatic carbocycles. The summed E-state index contributed by atoms with van der Waals surface area (Å²) in [5, 5.41) is 2.68. The van der Waals surface area contributed by atoms with Crippen LogP contribution < -0.4 is 10.1 Å². The third kappa shape index (κ3) is 4.41. The lowest BCUT2D eigenvalue weighted by Gasteiger charge is -2.31. The van der Waals surface area contributed by atoms with Gasteiger partial charge >= 0.3 is 0 Å². The van der Waals surface area contributed by atoms with Crippen molar-refractivity contribution in [2.75, 3.05) is 19.8 Å². The molecule has 3 aliphatic heterocycles. The first-order valence-corrected chi connectivity index (χ1v) is 11.1. The Balaban J connectivity index is 1.38. The molecule has 3 heterocycles. The van der Waals surface area contributed by atoms with E-state index < -0.39 is 12.6 Å². The number of piperidine rings is 1. The molecule has 176 valence electrons. The number of morpholine rings is 1. The number of allylic oxidation sites excluding steroid dienone is 1. The molecular formula is C26H27N3O5. The lowest BCUT2D eigenvalue weighted by atomic mass is 10.0. The fourth-order valence-corrected chi connectivity index (χ4v) is 4.34. The zero-order valence-corrected chi connectivity index (χ0v) is 18.6. The summed E-state index contributed by atoms with van der Waals surface area (Å²) in [5.74, 6) is -0.736. The Morgan fingerprint density at radius 1 is 1.21 bits per heavy atom. The van der Waals surface area contributed by atoms with Crippen LogP contribution in [0.2, 0.25) is 0 Å². The van der Waals surface area contributed by atoms with Gasteiger partial charge in [-0.25, -0.2) is 0 Å². The Morgan fingerprint density at radius 2 is 2.03 bits per heavy atom. The van der Waals surface area contributed by atoms with Gasteiger partial charge in [0.1, 0.15) is 25.0 Å². The molecule has 0 aromatic heterocycles. The molecule has 3 amide bonds. The van der Waals surface area contributed by atoms with Crippen molar-refractivity contribution < 1.29 is 29.3 Å². The molecule has 8 heteroatoms. The van der Waals surface area contributed by atoms with Gasteiger partial charge in [0.05, 0.1) is 18.6 Å². The van der Waals surface area contributed by atoms with E-state index in [1.165, 1.54) is 23.1 Å². The number of carbonyl (C=O) groups is 3. The Morgan fingerprint density at radius 3 is 2.79 bits per heavy atom. The van der Waals surface area contributed by atoms with E-state index in [-0.39, 0.29) is 60.8 Å². The maximum Gasteiger partial charge on any atom is 0.255 e. The summed E-state index contributed by atoms with van der Waals surface area (Å²) in [6.45, 7) is 2.26. The molecule has 0 radical (unpaired) electrons. The number of nitrogens with one attached hydrogen (secondary N) is 1. The predicted molar refractivity (Wildman–Crippen MR) is 124 cm³/mol. The van der Waals surface area contributed by atoms with Crippen molar-refractivity contribution in [1.82, 2.24) is 15.1 Å². The number of nitrogens with zero attached hydrogens (tertiary/aromatic N) is 2. The van der Waals surface area contributed by atoms with Gasteiger partial charge in [0.25, 0.3) is 5.91 Å². The van der Waals surface area contributed by atoms with Crippen molar-refractivity contribution in [3.8, 4) is 5.75 Å². The highest BCUT2D eigenvalue weighted by molar-refractivity contribution is 6.02. The normalized spacial score (nSPS) is 22.5. The second kappa shape index (κ2) is 9.30.